The maximum absolute atomic E-state index is 5.24. The van der Waals surface area contributed by atoms with Gasteiger partial charge in [0.2, 0.25) is 0 Å². The molecule has 1 aromatic carbocycles. The van der Waals surface area contributed by atoms with Crippen molar-refractivity contribution in [2.24, 2.45) is 0 Å². The van der Waals surface area contributed by atoms with Crippen LogP contribution in [0, 0.1) is 0 Å². The van der Waals surface area contributed by atoms with Crippen molar-refractivity contribution in [2.75, 3.05) is 25.1 Å². The van der Waals surface area contributed by atoms with Crippen LogP contribution >= 0.6 is 0 Å². The molecule has 3 aromatic rings. The van der Waals surface area contributed by atoms with Gasteiger partial charge in [-0.15, -0.1) is 0 Å². The van der Waals surface area contributed by atoms with Gasteiger partial charge in [-0.05, 0) is 42.5 Å². The Morgan fingerprint density at radius 1 is 1.09 bits per heavy atom. The predicted octanol–water partition coefficient (Wildman–Crippen LogP) is 3.35. The maximum atomic E-state index is 5.24. The molecule has 0 atom stereocenters. The molecule has 0 unspecified atom stereocenters. The first kappa shape index (κ1) is 14.1. The van der Waals surface area contributed by atoms with Gasteiger partial charge in [-0.25, -0.2) is 9.97 Å². The first-order valence-corrected chi connectivity index (χ1v) is 8.02. The summed E-state index contributed by atoms with van der Waals surface area (Å²) in [5.41, 5.74) is 2.31. The third-order valence-electron chi connectivity index (χ3n) is 4.71. The highest BCUT2D eigenvalue weighted by Gasteiger charge is 2.23. The quantitative estimate of drug-likeness (QED) is 0.806. The van der Waals surface area contributed by atoms with Crippen molar-refractivity contribution in [3.05, 3.63) is 48.4 Å². The summed E-state index contributed by atoms with van der Waals surface area (Å²) >= 11 is 0. The van der Waals surface area contributed by atoms with Crippen LogP contribution in [0.5, 0.6) is 5.75 Å². The first-order chi connectivity index (χ1) is 11.3. The maximum Gasteiger partial charge on any atom is 0.142 e. The smallest absolute Gasteiger partial charge is 0.142 e. The van der Waals surface area contributed by atoms with E-state index in [1.54, 1.807) is 13.4 Å². The van der Waals surface area contributed by atoms with Crippen molar-refractivity contribution in [1.82, 2.24) is 15.0 Å². The molecule has 2 aromatic heterocycles. The third-order valence-corrected chi connectivity index (χ3v) is 4.71. The van der Waals surface area contributed by atoms with E-state index in [9.17, 15) is 0 Å². The summed E-state index contributed by atoms with van der Waals surface area (Å²) in [6, 6.07) is 10.5. The van der Waals surface area contributed by atoms with Gasteiger partial charge >= 0.3 is 0 Å². The lowest BCUT2D eigenvalue weighted by Crippen LogP contribution is -2.33. The zero-order valence-corrected chi connectivity index (χ0v) is 13.2. The molecule has 0 amide bonds. The third kappa shape index (κ3) is 2.63. The normalized spacial score (nSPS) is 16.0. The molecule has 0 bridgehead atoms. The number of hydrogen-bond donors (Lipinski definition) is 1. The molecule has 1 aliphatic rings. The number of aromatic nitrogens is 3. The number of nitrogens with one attached hydrogen (secondary N) is 1. The monoisotopic (exact) mass is 308 g/mol. The number of methoxy groups -OCH3 is 1. The number of benzene rings is 1. The lowest BCUT2D eigenvalue weighted by Gasteiger charge is -2.33. The number of ether oxygens (including phenoxy) is 1. The van der Waals surface area contributed by atoms with Crippen LogP contribution in [0.3, 0.4) is 0 Å². The van der Waals surface area contributed by atoms with E-state index < -0.39 is 0 Å². The molecule has 23 heavy (non-hydrogen) atoms. The van der Waals surface area contributed by atoms with Gasteiger partial charge in [0.05, 0.1) is 12.5 Å². The van der Waals surface area contributed by atoms with Crippen molar-refractivity contribution < 1.29 is 4.74 Å². The fourth-order valence-electron chi connectivity index (χ4n) is 3.41. The second-order valence-corrected chi connectivity index (χ2v) is 5.97. The largest absolute Gasteiger partial charge is 0.497 e. The Morgan fingerprint density at radius 2 is 1.87 bits per heavy atom. The standard InChI is InChI=1S/C18H20N4O/c1-23-15-4-2-13(3-5-15)14-7-10-22(11-8-14)18-16-6-9-19-17(16)20-12-21-18/h2-6,9,12,14H,7-8,10-11H2,1H3,(H,19,20,21). The van der Waals surface area contributed by atoms with Crippen LogP contribution in [0.4, 0.5) is 5.82 Å². The Morgan fingerprint density at radius 3 is 2.61 bits per heavy atom. The number of fused-ring (bicyclic) bond motifs is 1. The fraction of sp³-hybridized carbons (Fsp3) is 0.333. The average molecular weight is 308 g/mol. The van der Waals surface area contributed by atoms with Crippen LogP contribution in [0.1, 0.15) is 24.3 Å². The summed E-state index contributed by atoms with van der Waals surface area (Å²) in [5.74, 6) is 2.58. The number of rotatable bonds is 3. The van der Waals surface area contributed by atoms with E-state index in [-0.39, 0.29) is 0 Å². The molecule has 0 radical (unpaired) electrons. The van der Waals surface area contributed by atoms with Crippen molar-refractivity contribution in [3.63, 3.8) is 0 Å². The van der Waals surface area contributed by atoms with Gasteiger partial charge in [-0.2, -0.15) is 0 Å². The molecule has 5 heteroatoms. The van der Waals surface area contributed by atoms with Crippen LogP contribution in [-0.2, 0) is 0 Å². The molecule has 0 spiro atoms. The van der Waals surface area contributed by atoms with Gasteiger partial charge in [0.1, 0.15) is 23.5 Å². The second-order valence-electron chi connectivity index (χ2n) is 5.97. The minimum Gasteiger partial charge on any atom is -0.497 e. The van der Waals surface area contributed by atoms with Crippen LogP contribution in [-0.4, -0.2) is 35.2 Å². The van der Waals surface area contributed by atoms with Crippen LogP contribution in [0.15, 0.2) is 42.9 Å². The predicted molar refractivity (Wildman–Crippen MR) is 91.1 cm³/mol. The van der Waals surface area contributed by atoms with Crippen molar-refractivity contribution >= 4 is 16.9 Å². The number of piperidine rings is 1. The van der Waals surface area contributed by atoms with Crippen LogP contribution < -0.4 is 9.64 Å². The highest BCUT2D eigenvalue weighted by Crippen LogP contribution is 2.32. The summed E-state index contributed by atoms with van der Waals surface area (Å²) in [4.78, 5) is 14.3. The highest BCUT2D eigenvalue weighted by atomic mass is 16.5. The van der Waals surface area contributed by atoms with Gasteiger partial charge in [-0.1, -0.05) is 12.1 Å². The molecular formula is C18H20N4O. The summed E-state index contributed by atoms with van der Waals surface area (Å²) in [7, 11) is 1.71. The van der Waals surface area contributed by atoms with Crippen LogP contribution in [0.2, 0.25) is 0 Å². The summed E-state index contributed by atoms with van der Waals surface area (Å²) in [6.07, 6.45) is 5.85. The molecule has 4 rings (SSSR count). The van der Waals surface area contributed by atoms with E-state index >= 15 is 0 Å². The summed E-state index contributed by atoms with van der Waals surface area (Å²) in [6.45, 7) is 2.04. The lowest BCUT2D eigenvalue weighted by atomic mass is 9.89. The van der Waals surface area contributed by atoms with Crippen molar-refractivity contribution in [3.8, 4) is 5.75 Å². The van der Waals surface area contributed by atoms with E-state index in [1.165, 1.54) is 5.56 Å². The number of H-pyrrole nitrogens is 1. The van der Waals surface area contributed by atoms with E-state index in [0.717, 1.165) is 48.5 Å². The zero-order valence-electron chi connectivity index (χ0n) is 13.2. The number of hydrogen-bond acceptors (Lipinski definition) is 4. The Labute approximate surface area is 135 Å². The summed E-state index contributed by atoms with van der Waals surface area (Å²) in [5, 5.41) is 1.11. The SMILES string of the molecule is COc1ccc(C2CCN(c3ncnc4[nH]ccc34)CC2)cc1. The van der Waals surface area contributed by atoms with Gasteiger partial charge in [0.15, 0.2) is 0 Å². The van der Waals surface area contributed by atoms with Gasteiger partial charge in [0, 0.05) is 19.3 Å². The number of nitrogens with zero attached hydrogens (tertiary/aromatic N) is 3. The zero-order chi connectivity index (χ0) is 15.6. The molecule has 3 heterocycles. The number of anilines is 1. The molecule has 0 saturated carbocycles. The Kier molecular flexibility index (Phi) is 3.61. The Hall–Kier alpha value is -2.56. The van der Waals surface area contributed by atoms with Crippen molar-refractivity contribution in [1.29, 1.82) is 0 Å². The lowest BCUT2D eigenvalue weighted by molar-refractivity contribution is 0.414. The molecule has 5 nitrogen and oxygen atoms in total. The first-order valence-electron chi connectivity index (χ1n) is 8.02. The minimum absolute atomic E-state index is 0.612. The highest BCUT2D eigenvalue weighted by molar-refractivity contribution is 5.87. The molecular weight excluding hydrogens is 288 g/mol. The van der Waals surface area contributed by atoms with E-state index in [4.69, 9.17) is 4.74 Å². The molecule has 1 saturated heterocycles. The topological polar surface area (TPSA) is 54.0 Å². The fourth-order valence-corrected chi connectivity index (χ4v) is 3.41. The second kappa shape index (κ2) is 5.91. The van der Waals surface area contributed by atoms with E-state index in [1.807, 2.05) is 6.20 Å². The molecule has 0 aliphatic carbocycles. The number of aromatic amines is 1. The van der Waals surface area contributed by atoms with E-state index in [0.29, 0.717) is 5.92 Å². The van der Waals surface area contributed by atoms with Gasteiger partial charge in [-0.3, -0.25) is 0 Å². The average Bonchev–Trinajstić information content (AvgIpc) is 3.11. The molecule has 1 fully saturated rings. The Bertz CT molecular complexity index is 788. The molecule has 1 N–H and O–H groups in total. The van der Waals surface area contributed by atoms with Gasteiger partial charge in [0.25, 0.3) is 0 Å². The van der Waals surface area contributed by atoms with Gasteiger partial charge < -0.3 is 14.6 Å². The van der Waals surface area contributed by atoms with E-state index in [2.05, 4.69) is 50.2 Å². The molecule has 118 valence electrons. The molecule has 1 aliphatic heterocycles. The summed E-state index contributed by atoms with van der Waals surface area (Å²) < 4.78 is 5.24. The minimum atomic E-state index is 0.612. The van der Waals surface area contributed by atoms with Crippen LogP contribution in [0.25, 0.3) is 11.0 Å². The Balaban J connectivity index is 1.49. The van der Waals surface area contributed by atoms with Crippen molar-refractivity contribution in [2.45, 2.75) is 18.8 Å².